The standard InChI is InChI=1S/C28H37FN6O5/c1-17(2)12-22(26(31)38)35-28(40)23(14-18-6-4-3-5-7-18)34-25(37)16-32-24(36)15-33-27(39)21(30)13-19-8-10-20(29)11-9-19/h3-11,17,21-23H,12-16,30H2,1-2H3,(H2,31,38)(H,32,36)(H,33,39)(H,34,37)(H,35,40). The Bertz CT molecular complexity index is 1160. The van der Waals surface area contributed by atoms with Gasteiger partial charge in [-0.15, -0.1) is 0 Å². The molecule has 40 heavy (non-hydrogen) atoms. The lowest BCUT2D eigenvalue weighted by Gasteiger charge is -2.23. The number of carbonyl (C=O) groups excluding carboxylic acids is 5. The molecule has 3 unspecified atom stereocenters. The van der Waals surface area contributed by atoms with Crippen LogP contribution in [-0.4, -0.2) is 60.8 Å². The molecule has 0 aromatic heterocycles. The van der Waals surface area contributed by atoms with Gasteiger partial charge >= 0.3 is 0 Å². The normalized spacial score (nSPS) is 13.0. The first-order chi connectivity index (χ1) is 18.9. The highest BCUT2D eigenvalue weighted by Gasteiger charge is 2.26. The topological polar surface area (TPSA) is 186 Å². The van der Waals surface area contributed by atoms with E-state index in [0.29, 0.717) is 12.0 Å². The number of benzene rings is 2. The molecule has 3 atom stereocenters. The average Bonchev–Trinajstić information content (AvgIpc) is 2.91. The van der Waals surface area contributed by atoms with Gasteiger partial charge in [0.1, 0.15) is 17.9 Å². The summed E-state index contributed by atoms with van der Waals surface area (Å²) in [4.78, 5) is 61.8. The smallest absolute Gasteiger partial charge is 0.243 e. The first-order valence-corrected chi connectivity index (χ1v) is 12.9. The van der Waals surface area contributed by atoms with Crippen LogP contribution in [0, 0.1) is 11.7 Å². The van der Waals surface area contributed by atoms with E-state index in [2.05, 4.69) is 21.3 Å². The zero-order valence-corrected chi connectivity index (χ0v) is 22.6. The lowest BCUT2D eigenvalue weighted by molar-refractivity contribution is -0.132. The van der Waals surface area contributed by atoms with E-state index in [1.807, 2.05) is 19.9 Å². The lowest BCUT2D eigenvalue weighted by atomic mass is 10.0. The predicted octanol–water partition coefficient (Wildman–Crippen LogP) is -0.328. The van der Waals surface area contributed by atoms with Gasteiger partial charge in [-0.2, -0.15) is 0 Å². The summed E-state index contributed by atoms with van der Waals surface area (Å²) < 4.78 is 13.0. The second-order valence-corrected chi connectivity index (χ2v) is 9.83. The van der Waals surface area contributed by atoms with Gasteiger partial charge in [0.05, 0.1) is 19.1 Å². The van der Waals surface area contributed by atoms with Crippen LogP contribution in [0.25, 0.3) is 0 Å². The van der Waals surface area contributed by atoms with Crippen molar-refractivity contribution in [1.29, 1.82) is 0 Å². The summed E-state index contributed by atoms with van der Waals surface area (Å²) in [5.41, 5.74) is 12.7. The Labute approximate surface area is 232 Å². The maximum Gasteiger partial charge on any atom is 0.243 e. The Morgan fingerprint density at radius 3 is 1.95 bits per heavy atom. The van der Waals surface area contributed by atoms with Gasteiger partial charge < -0.3 is 32.7 Å². The molecule has 0 aliphatic rings. The van der Waals surface area contributed by atoms with Crippen LogP contribution in [0.1, 0.15) is 31.4 Å². The first kappa shape index (κ1) is 31.9. The second-order valence-electron chi connectivity index (χ2n) is 9.83. The van der Waals surface area contributed by atoms with Gasteiger partial charge in [-0.1, -0.05) is 56.3 Å². The van der Waals surface area contributed by atoms with Gasteiger partial charge in [0.25, 0.3) is 0 Å². The molecule has 0 spiro atoms. The third kappa shape index (κ3) is 11.6. The van der Waals surface area contributed by atoms with Gasteiger partial charge in [-0.3, -0.25) is 24.0 Å². The van der Waals surface area contributed by atoms with E-state index in [4.69, 9.17) is 11.5 Å². The van der Waals surface area contributed by atoms with Crippen molar-refractivity contribution in [1.82, 2.24) is 21.3 Å². The van der Waals surface area contributed by atoms with Crippen LogP contribution in [-0.2, 0) is 36.8 Å². The van der Waals surface area contributed by atoms with Crippen molar-refractivity contribution in [2.75, 3.05) is 13.1 Å². The van der Waals surface area contributed by atoms with E-state index in [0.717, 1.165) is 5.56 Å². The minimum Gasteiger partial charge on any atom is -0.368 e. The van der Waals surface area contributed by atoms with Crippen LogP contribution < -0.4 is 32.7 Å². The zero-order valence-electron chi connectivity index (χ0n) is 22.6. The van der Waals surface area contributed by atoms with Gasteiger partial charge in [-0.25, -0.2) is 4.39 Å². The van der Waals surface area contributed by atoms with E-state index in [1.165, 1.54) is 24.3 Å². The van der Waals surface area contributed by atoms with Crippen molar-refractivity contribution in [3.63, 3.8) is 0 Å². The van der Waals surface area contributed by atoms with Crippen LogP contribution >= 0.6 is 0 Å². The number of rotatable bonds is 15. The number of amides is 5. The third-order valence-corrected chi connectivity index (χ3v) is 5.88. The van der Waals surface area contributed by atoms with Gasteiger partial charge in [-0.05, 0) is 42.0 Å². The summed E-state index contributed by atoms with van der Waals surface area (Å²) >= 11 is 0. The molecule has 0 saturated carbocycles. The summed E-state index contributed by atoms with van der Waals surface area (Å²) in [6, 6.07) is 11.6. The fourth-order valence-corrected chi connectivity index (χ4v) is 3.80. The Hall–Kier alpha value is -4.32. The summed E-state index contributed by atoms with van der Waals surface area (Å²) in [5, 5.41) is 9.95. The molecule has 0 aliphatic heterocycles. The highest BCUT2D eigenvalue weighted by Crippen LogP contribution is 2.08. The predicted molar refractivity (Wildman–Crippen MR) is 147 cm³/mol. The Morgan fingerprint density at radius 2 is 1.35 bits per heavy atom. The molecule has 0 aliphatic carbocycles. The van der Waals surface area contributed by atoms with Crippen LogP contribution in [0.15, 0.2) is 54.6 Å². The molecular formula is C28H37FN6O5. The molecule has 12 heteroatoms. The van der Waals surface area contributed by atoms with E-state index < -0.39 is 66.6 Å². The molecular weight excluding hydrogens is 519 g/mol. The van der Waals surface area contributed by atoms with E-state index in [9.17, 15) is 28.4 Å². The Balaban J connectivity index is 1.88. The summed E-state index contributed by atoms with van der Waals surface area (Å²) in [5.74, 6) is -3.47. The van der Waals surface area contributed by atoms with Gasteiger partial charge in [0, 0.05) is 6.42 Å². The van der Waals surface area contributed by atoms with Crippen LogP contribution in [0.4, 0.5) is 4.39 Å². The molecule has 0 bridgehead atoms. The monoisotopic (exact) mass is 556 g/mol. The zero-order chi connectivity index (χ0) is 29.7. The number of nitrogens with two attached hydrogens (primary N) is 2. The number of primary amides is 1. The number of nitrogens with one attached hydrogen (secondary N) is 4. The van der Waals surface area contributed by atoms with Gasteiger partial charge in [0.2, 0.25) is 29.5 Å². The fourth-order valence-electron chi connectivity index (χ4n) is 3.80. The van der Waals surface area contributed by atoms with Crippen molar-refractivity contribution in [2.24, 2.45) is 17.4 Å². The van der Waals surface area contributed by atoms with Crippen LogP contribution in [0.5, 0.6) is 0 Å². The van der Waals surface area contributed by atoms with Crippen molar-refractivity contribution in [3.8, 4) is 0 Å². The van der Waals surface area contributed by atoms with Crippen molar-refractivity contribution >= 4 is 29.5 Å². The maximum atomic E-state index is 13.0. The third-order valence-electron chi connectivity index (χ3n) is 5.88. The fraction of sp³-hybridized carbons (Fsp3) is 0.393. The first-order valence-electron chi connectivity index (χ1n) is 12.9. The quantitative estimate of drug-likeness (QED) is 0.174. The highest BCUT2D eigenvalue weighted by atomic mass is 19.1. The number of hydrogen-bond donors (Lipinski definition) is 6. The average molecular weight is 557 g/mol. The van der Waals surface area contributed by atoms with E-state index in [1.54, 1.807) is 24.3 Å². The molecule has 5 amide bonds. The minimum absolute atomic E-state index is 0.0909. The molecule has 2 aromatic rings. The van der Waals surface area contributed by atoms with Crippen molar-refractivity contribution in [3.05, 3.63) is 71.5 Å². The summed E-state index contributed by atoms with van der Waals surface area (Å²) in [6.07, 6.45) is 0.624. The molecule has 11 nitrogen and oxygen atoms in total. The van der Waals surface area contributed by atoms with Crippen LogP contribution in [0.3, 0.4) is 0 Å². The van der Waals surface area contributed by atoms with Crippen LogP contribution in [0.2, 0.25) is 0 Å². The molecule has 2 aromatic carbocycles. The summed E-state index contributed by atoms with van der Waals surface area (Å²) in [6.45, 7) is 2.89. The number of carbonyl (C=O) groups is 5. The molecule has 0 fully saturated rings. The van der Waals surface area contributed by atoms with E-state index >= 15 is 0 Å². The largest absolute Gasteiger partial charge is 0.368 e. The molecule has 2 rings (SSSR count). The number of hydrogen-bond acceptors (Lipinski definition) is 6. The summed E-state index contributed by atoms with van der Waals surface area (Å²) in [7, 11) is 0. The van der Waals surface area contributed by atoms with Crippen molar-refractivity contribution in [2.45, 2.75) is 51.2 Å². The number of halogens is 1. The Kier molecular flexibility index (Phi) is 12.7. The molecule has 0 radical (unpaired) electrons. The SMILES string of the molecule is CC(C)CC(NC(=O)C(Cc1ccccc1)NC(=O)CNC(=O)CNC(=O)C(N)Cc1ccc(F)cc1)C(N)=O. The lowest BCUT2D eigenvalue weighted by Crippen LogP contribution is -2.55. The molecule has 216 valence electrons. The second kappa shape index (κ2) is 15.9. The molecule has 0 saturated heterocycles. The Morgan fingerprint density at radius 1 is 0.750 bits per heavy atom. The molecule has 8 N–H and O–H groups in total. The maximum absolute atomic E-state index is 13.0. The van der Waals surface area contributed by atoms with E-state index in [-0.39, 0.29) is 18.8 Å². The highest BCUT2D eigenvalue weighted by molar-refractivity contribution is 5.93. The molecule has 0 heterocycles. The van der Waals surface area contributed by atoms with Crippen molar-refractivity contribution < 1.29 is 28.4 Å². The minimum atomic E-state index is -1.04. The van der Waals surface area contributed by atoms with Gasteiger partial charge in [0.15, 0.2) is 0 Å².